The molecule has 0 N–H and O–H groups in total. The van der Waals surface area contributed by atoms with Crippen LogP contribution in [-0.2, 0) is 9.59 Å². The zero-order valence-electron chi connectivity index (χ0n) is 33.8. The number of nitrogens with zero attached hydrogens (tertiary/aromatic N) is 2. The number of carbonyl (C=O) groups is 2. The summed E-state index contributed by atoms with van der Waals surface area (Å²) in [7, 11) is 0. The van der Waals surface area contributed by atoms with E-state index in [9.17, 15) is 9.59 Å². The Hall–Kier alpha value is -1.22. The van der Waals surface area contributed by atoms with Gasteiger partial charge in [-0.25, -0.2) is 0 Å². The highest BCUT2D eigenvalue weighted by Crippen LogP contribution is 2.49. The number of hydrogen-bond donors (Lipinski definition) is 0. The molecule has 0 saturated carbocycles. The first-order chi connectivity index (χ1) is 26.5. The first-order valence-corrected chi connectivity index (χ1v) is 25.3. The molecule has 4 nitrogen and oxygen atoms in total. The highest BCUT2D eigenvalue weighted by molar-refractivity contribution is 9.11. The molecule has 0 fully saturated rings. The number of rotatable bonds is 32. The molecule has 302 valence electrons. The van der Waals surface area contributed by atoms with Crippen molar-refractivity contribution in [2.75, 3.05) is 13.1 Å². The summed E-state index contributed by atoms with van der Waals surface area (Å²) in [6.07, 6.45) is 36.6. The average Bonchev–Trinajstić information content (AvgIpc) is 3.93. The number of unbranched alkanes of at least 4 members (excludes halogenated alkanes) is 26. The van der Waals surface area contributed by atoms with Crippen LogP contribution >= 0.6 is 54.5 Å². The molecule has 2 amide bonds. The molecule has 0 atom stereocenters. The molecule has 2 aliphatic heterocycles. The van der Waals surface area contributed by atoms with E-state index in [0.29, 0.717) is 24.2 Å². The summed E-state index contributed by atoms with van der Waals surface area (Å²) in [6.45, 7) is 5.88. The lowest BCUT2D eigenvalue weighted by Crippen LogP contribution is -2.30. The number of hydrogen-bond acceptors (Lipinski definition) is 4. The van der Waals surface area contributed by atoms with E-state index in [1.54, 1.807) is 22.7 Å². The van der Waals surface area contributed by atoms with Crippen LogP contribution in [0.2, 0.25) is 0 Å². The van der Waals surface area contributed by atoms with Gasteiger partial charge < -0.3 is 9.80 Å². The van der Waals surface area contributed by atoms with E-state index >= 15 is 0 Å². The molecule has 0 saturated heterocycles. The summed E-state index contributed by atoms with van der Waals surface area (Å²) in [5, 5.41) is 0. The van der Waals surface area contributed by atoms with Crippen molar-refractivity contribution >= 4 is 77.7 Å². The van der Waals surface area contributed by atoms with Crippen LogP contribution in [0.5, 0.6) is 0 Å². The zero-order chi connectivity index (χ0) is 38.4. The van der Waals surface area contributed by atoms with Gasteiger partial charge in [0, 0.05) is 13.1 Å². The predicted molar refractivity (Wildman–Crippen MR) is 242 cm³/mol. The smallest absolute Gasteiger partial charge is 0.261 e. The molecule has 2 aromatic heterocycles. The van der Waals surface area contributed by atoms with Crippen molar-refractivity contribution in [3.63, 3.8) is 0 Å². The van der Waals surface area contributed by atoms with Gasteiger partial charge in [0.15, 0.2) is 0 Å². The van der Waals surface area contributed by atoms with Crippen molar-refractivity contribution in [2.45, 2.75) is 194 Å². The Bertz CT molecular complexity index is 1350. The van der Waals surface area contributed by atoms with E-state index in [1.165, 1.54) is 154 Å². The average molecular weight is 907 g/mol. The first kappa shape index (κ1) is 45.5. The maximum Gasteiger partial charge on any atom is 0.261 e. The minimum atomic E-state index is -0.00412. The van der Waals surface area contributed by atoms with Crippen LogP contribution in [0.15, 0.2) is 43.0 Å². The lowest BCUT2D eigenvalue weighted by atomic mass is 10.0. The van der Waals surface area contributed by atoms with Crippen molar-refractivity contribution in [3.05, 3.63) is 52.7 Å². The summed E-state index contributed by atoms with van der Waals surface area (Å²) in [6, 6.07) is 8.20. The largest absolute Gasteiger partial charge is 0.306 e. The third-order valence-electron chi connectivity index (χ3n) is 11.3. The summed E-state index contributed by atoms with van der Waals surface area (Å²) >= 11 is 10.5. The van der Waals surface area contributed by atoms with E-state index in [-0.39, 0.29) is 11.8 Å². The highest BCUT2D eigenvalue weighted by Gasteiger charge is 2.49. The summed E-state index contributed by atoms with van der Waals surface area (Å²) in [5.74, 6) is -0.00824. The Morgan fingerprint density at radius 1 is 0.407 bits per heavy atom. The van der Waals surface area contributed by atoms with E-state index in [4.69, 9.17) is 0 Å². The van der Waals surface area contributed by atoms with Gasteiger partial charge in [0.05, 0.1) is 39.9 Å². The molecule has 0 unspecified atom stereocenters. The van der Waals surface area contributed by atoms with E-state index < -0.39 is 0 Å². The fourth-order valence-corrected chi connectivity index (χ4v) is 11.0. The Kier molecular flexibility index (Phi) is 22.4. The number of fused-ring (bicyclic) bond motifs is 1. The third kappa shape index (κ3) is 14.6. The fourth-order valence-electron chi connectivity index (χ4n) is 8.15. The molecule has 2 aliphatic rings. The zero-order valence-corrected chi connectivity index (χ0v) is 38.6. The number of halogens is 2. The second-order valence-corrected chi connectivity index (χ2v) is 20.7. The molecule has 4 heterocycles. The number of amides is 2. The van der Waals surface area contributed by atoms with Crippen molar-refractivity contribution in [1.29, 1.82) is 0 Å². The maximum atomic E-state index is 14.5. The third-order valence-corrected chi connectivity index (χ3v) is 14.5. The molecule has 0 spiro atoms. The maximum absolute atomic E-state index is 14.5. The lowest BCUT2D eigenvalue weighted by molar-refractivity contribution is -0.124. The molecule has 2 aromatic rings. The highest BCUT2D eigenvalue weighted by atomic mass is 79.9. The van der Waals surface area contributed by atoms with Crippen LogP contribution in [0.1, 0.15) is 203 Å². The monoisotopic (exact) mass is 904 g/mol. The fraction of sp³-hybridized carbons (Fsp3) is 0.696. The summed E-state index contributed by atoms with van der Waals surface area (Å²) < 4.78 is 2.03. The first-order valence-electron chi connectivity index (χ1n) is 22.1. The molecule has 0 bridgehead atoms. The van der Waals surface area contributed by atoms with Crippen molar-refractivity contribution < 1.29 is 9.59 Å². The second kappa shape index (κ2) is 26.7. The number of thiophene rings is 2. The van der Waals surface area contributed by atoms with Gasteiger partial charge in [-0.3, -0.25) is 9.59 Å². The molecular formula is C46H70Br2N2O2S2. The normalized spacial score (nSPS) is 14.5. The second-order valence-electron chi connectivity index (χ2n) is 15.8. The molecule has 0 aliphatic carbocycles. The van der Waals surface area contributed by atoms with Gasteiger partial charge in [-0.1, -0.05) is 181 Å². The SMILES string of the molecule is CCCCCCCCCCCCCCCCN1C(=O)C2=C(c3ccc(Br)s3)N(CCCCCCCCCCCCCCCC)C(=O)C2=C1c1ccc(Br)s1. The van der Waals surface area contributed by atoms with E-state index in [0.717, 1.165) is 54.4 Å². The van der Waals surface area contributed by atoms with Crippen LogP contribution in [0.4, 0.5) is 0 Å². The van der Waals surface area contributed by atoms with Gasteiger partial charge in [-0.2, -0.15) is 0 Å². The van der Waals surface area contributed by atoms with Gasteiger partial charge in [-0.15, -0.1) is 22.7 Å². The molecule has 0 radical (unpaired) electrons. The molecule has 54 heavy (non-hydrogen) atoms. The van der Waals surface area contributed by atoms with Crippen molar-refractivity contribution in [1.82, 2.24) is 9.80 Å². The molecular weight excluding hydrogens is 836 g/mol. The van der Waals surface area contributed by atoms with Crippen molar-refractivity contribution in [2.24, 2.45) is 0 Å². The van der Waals surface area contributed by atoms with Gasteiger partial charge in [0.2, 0.25) is 0 Å². The number of carbonyl (C=O) groups excluding carboxylic acids is 2. The van der Waals surface area contributed by atoms with Gasteiger partial charge >= 0.3 is 0 Å². The summed E-state index contributed by atoms with van der Waals surface area (Å²) in [5.41, 5.74) is 2.87. The van der Waals surface area contributed by atoms with Gasteiger partial charge in [0.25, 0.3) is 11.8 Å². The minimum Gasteiger partial charge on any atom is -0.306 e. The standard InChI is InChI=1S/C46H70Br2N2O2S2/c1-3-5-7-9-11-13-15-17-19-21-23-25-27-29-35-49-43(37-31-33-39(47)53-37)41-42(45(49)51)44(38-32-34-40(48)54-38)50(46(41)52)36-30-28-26-24-22-20-18-16-14-12-10-8-6-4-2/h31-34H,3-30,35-36H2,1-2H3. The van der Waals surface area contributed by atoms with E-state index in [1.807, 2.05) is 21.9 Å². The Morgan fingerprint density at radius 3 is 0.907 bits per heavy atom. The Morgan fingerprint density at radius 2 is 0.667 bits per heavy atom. The van der Waals surface area contributed by atoms with Crippen LogP contribution in [0, 0.1) is 0 Å². The quantitative estimate of drug-likeness (QED) is 0.0686. The lowest BCUT2D eigenvalue weighted by Gasteiger charge is -2.24. The van der Waals surface area contributed by atoms with Crippen molar-refractivity contribution in [3.8, 4) is 0 Å². The van der Waals surface area contributed by atoms with Gasteiger partial charge in [0.1, 0.15) is 0 Å². The summed E-state index contributed by atoms with van der Waals surface area (Å²) in [4.78, 5) is 34.8. The van der Waals surface area contributed by atoms with Crippen LogP contribution < -0.4 is 0 Å². The topological polar surface area (TPSA) is 40.6 Å². The van der Waals surface area contributed by atoms with Crippen LogP contribution in [0.25, 0.3) is 11.4 Å². The minimum absolute atomic E-state index is 0.00412. The van der Waals surface area contributed by atoms with Crippen LogP contribution in [-0.4, -0.2) is 34.7 Å². The predicted octanol–water partition coefficient (Wildman–Crippen LogP) is 16.1. The Balaban J connectivity index is 1.28. The molecule has 8 heteroatoms. The van der Waals surface area contributed by atoms with E-state index in [2.05, 4.69) is 57.8 Å². The molecule has 0 aromatic carbocycles. The Labute approximate surface area is 354 Å². The molecule has 4 rings (SSSR count). The van der Waals surface area contributed by atoms with Gasteiger partial charge in [-0.05, 0) is 69.0 Å². The van der Waals surface area contributed by atoms with Crippen LogP contribution in [0.3, 0.4) is 0 Å².